The molecule has 0 radical (unpaired) electrons. The standard InChI is InChI=1S/C22H15Cl3N4OS/c23-15-6-9-17(10-7-15)29-21(14-4-2-1-3-5-14)27-28-22(29)31-13-20(30)26-19-11-8-16(24)12-18(19)25/h1-12H,13H2,(H,26,30). The third kappa shape index (κ3) is 5.22. The van der Waals surface area contributed by atoms with Crippen molar-refractivity contribution in [3.05, 3.63) is 87.9 Å². The van der Waals surface area contributed by atoms with Gasteiger partial charge in [-0.05, 0) is 42.5 Å². The summed E-state index contributed by atoms with van der Waals surface area (Å²) in [5.41, 5.74) is 2.26. The number of amides is 1. The van der Waals surface area contributed by atoms with E-state index in [0.29, 0.717) is 31.7 Å². The predicted molar refractivity (Wildman–Crippen MR) is 128 cm³/mol. The molecular weight excluding hydrogens is 475 g/mol. The fourth-order valence-electron chi connectivity index (χ4n) is 2.87. The van der Waals surface area contributed by atoms with Crippen molar-refractivity contribution in [1.82, 2.24) is 14.8 Å². The second-order valence-corrected chi connectivity index (χ2v) is 8.67. The van der Waals surface area contributed by atoms with Crippen molar-refractivity contribution >= 4 is 58.2 Å². The Balaban J connectivity index is 1.58. The Morgan fingerprint density at radius 1 is 0.903 bits per heavy atom. The largest absolute Gasteiger partial charge is 0.324 e. The molecule has 0 bridgehead atoms. The van der Waals surface area contributed by atoms with Crippen LogP contribution in [0.2, 0.25) is 15.1 Å². The van der Waals surface area contributed by atoms with E-state index >= 15 is 0 Å². The molecule has 4 rings (SSSR count). The van der Waals surface area contributed by atoms with Crippen molar-refractivity contribution in [3.63, 3.8) is 0 Å². The molecule has 0 aliphatic rings. The highest BCUT2D eigenvalue weighted by Gasteiger charge is 2.17. The minimum atomic E-state index is -0.221. The summed E-state index contributed by atoms with van der Waals surface area (Å²) in [6, 6.07) is 22.0. The van der Waals surface area contributed by atoms with Gasteiger partial charge in [-0.1, -0.05) is 76.9 Å². The number of carbonyl (C=O) groups excluding carboxylic acids is 1. The molecule has 0 unspecified atom stereocenters. The van der Waals surface area contributed by atoms with Crippen LogP contribution >= 0.6 is 46.6 Å². The van der Waals surface area contributed by atoms with Crippen LogP contribution in [0.5, 0.6) is 0 Å². The number of benzene rings is 3. The van der Waals surface area contributed by atoms with Crippen LogP contribution < -0.4 is 5.32 Å². The maximum Gasteiger partial charge on any atom is 0.234 e. The fourth-order valence-corrected chi connectivity index (χ4v) is 4.20. The van der Waals surface area contributed by atoms with Crippen molar-refractivity contribution in [2.75, 3.05) is 11.1 Å². The number of thioether (sulfide) groups is 1. The van der Waals surface area contributed by atoms with E-state index in [-0.39, 0.29) is 11.7 Å². The third-order valence-electron chi connectivity index (χ3n) is 4.29. The zero-order valence-corrected chi connectivity index (χ0v) is 19.0. The van der Waals surface area contributed by atoms with Crippen LogP contribution in [0.3, 0.4) is 0 Å². The Hall–Kier alpha value is -2.51. The summed E-state index contributed by atoms with van der Waals surface area (Å²) in [6.45, 7) is 0. The van der Waals surface area contributed by atoms with Crippen molar-refractivity contribution < 1.29 is 4.79 Å². The summed E-state index contributed by atoms with van der Waals surface area (Å²) in [5, 5.41) is 13.6. The van der Waals surface area contributed by atoms with Crippen LogP contribution in [0.25, 0.3) is 17.1 Å². The van der Waals surface area contributed by atoms with Crippen LogP contribution in [-0.2, 0) is 4.79 Å². The minimum absolute atomic E-state index is 0.124. The number of carbonyl (C=O) groups is 1. The highest BCUT2D eigenvalue weighted by molar-refractivity contribution is 7.99. The fraction of sp³-hybridized carbons (Fsp3) is 0.0455. The quantitative estimate of drug-likeness (QED) is 0.309. The highest BCUT2D eigenvalue weighted by atomic mass is 35.5. The van der Waals surface area contributed by atoms with Gasteiger partial charge in [0.25, 0.3) is 0 Å². The molecule has 1 N–H and O–H groups in total. The average molecular weight is 490 g/mol. The molecule has 1 heterocycles. The lowest BCUT2D eigenvalue weighted by Gasteiger charge is -2.11. The average Bonchev–Trinajstić information content (AvgIpc) is 3.19. The number of rotatable bonds is 6. The molecule has 0 saturated heterocycles. The van der Waals surface area contributed by atoms with E-state index in [1.165, 1.54) is 11.8 Å². The summed E-state index contributed by atoms with van der Waals surface area (Å²) < 4.78 is 1.90. The predicted octanol–water partition coefficient (Wildman–Crippen LogP) is 6.63. The van der Waals surface area contributed by atoms with E-state index < -0.39 is 0 Å². The summed E-state index contributed by atoms with van der Waals surface area (Å²) in [6.07, 6.45) is 0. The zero-order chi connectivity index (χ0) is 21.8. The Labute approximate surface area is 198 Å². The van der Waals surface area contributed by atoms with Gasteiger partial charge in [0.2, 0.25) is 5.91 Å². The Morgan fingerprint density at radius 2 is 1.61 bits per heavy atom. The number of aromatic nitrogens is 3. The van der Waals surface area contributed by atoms with Crippen LogP contribution in [0, 0.1) is 0 Å². The van der Waals surface area contributed by atoms with Gasteiger partial charge >= 0.3 is 0 Å². The molecule has 0 atom stereocenters. The van der Waals surface area contributed by atoms with Crippen LogP contribution in [0.1, 0.15) is 0 Å². The summed E-state index contributed by atoms with van der Waals surface area (Å²) in [5.74, 6) is 0.576. The molecule has 156 valence electrons. The van der Waals surface area contributed by atoms with Gasteiger partial charge in [-0.2, -0.15) is 0 Å². The molecule has 1 amide bonds. The first-order valence-electron chi connectivity index (χ1n) is 9.16. The second kappa shape index (κ2) is 9.75. The number of halogens is 3. The molecular formula is C22H15Cl3N4OS. The van der Waals surface area contributed by atoms with Crippen LogP contribution in [-0.4, -0.2) is 26.4 Å². The lowest BCUT2D eigenvalue weighted by molar-refractivity contribution is -0.113. The molecule has 0 aliphatic heterocycles. The molecule has 9 heteroatoms. The minimum Gasteiger partial charge on any atom is -0.324 e. The Morgan fingerprint density at radius 3 is 2.32 bits per heavy atom. The van der Waals surface area contributed by atoms with Gasteiger partial charge in [-0.15, -0.1) is 10.2 Å². The molecule has 5 nitrogen and oxygen atoms in total. The second-order valence-electron chi connectivity index (χ2n) is 6.45. The topological polar surface area (TPSA) is 59.8 Å². The molecule has 1 aromatic heterocycles. The lowest BCUT2D eigenvalue weighted by atomic mass is 10.2. The number of nitrogens with zero attached hydrogens (tertiary/aromatic N) is 3. The molecule has 0 aliphatic carbocycles. The van der Waals surface area contributed by atoms with E-state index in [0.717, 1.165) is 11.3 Å². The maximum atomic E-state index is 12.5. The highest BCUT2D eigenvalue weighted by Crippen LogP contribution is 2.29. The molecule has 0 fully saturated rings. The first-order valence-corrected chi connectivity index (χ1v) is 11.3. The lowest BCUT2D eigenvalue weighted by Crippen LogP contribution is -2.15. The van der Waals surface area contributed by atoms with E-state index in [2.05, 4.69) is 15.5 Å². The molecule has 3 aromatic carbocycles. The van der Waals surface area contributed by atoms with Gasteiger partial charge in [0.1, 0.15) is 0 Å². The van der Waals surface area contributed by atoms with Crippen molar-refractivity contribution in [2.45, 2.75) is 5.16 Å². The summed E-state index contributed by atoms with van der Waals surface area (Å²) >= 11 is 19.4. The van der Waals surface area contributed by atoms with Gasteiger partial charge in [-0.25, -0.2) is 0 Å². The van der Waals surface area contributed by atoms with Crippen molar-refractivity contribution in [1.29, 1.82) is 0 Å². The number of hydrogen-bond donors (Lipinski definition) is 1. The number of nitrogens with one attached hydrogen (secondary N) is 1. The zero-order valence-electron chi connectivity index (χ0n) is 15.9. The first-order chi connectivity index (χ1) is 15.0. The summed E-state index contributed by atoms with van der Waals surface area (Å²) in [7, 11) is 0. The van der Waals surface area contributed by atoms with Gasteiger partial charge in [0.15, 0.2) is 11.0 Å². The molecule has 0 saturated carbocycles. The normalized spacial score (nSPS) is 10.8. The number of anilines is 1. The maximum absolute atomic E-state index is 12.5. The van der Waals surface area contributed by atoms with Crippen LogP contribution in [0.15, 0.2) is 78.0 Å². The van der Waals surface area contributed by atoms with Crippen LogP contribution in [0.4, 0.5) is 5.69 Å². The summed E-state index contributed by atoms with van der Waals surface area (Å²) in [4.78, 5) is 12.5. The van der Waals surface area contributed by atoms with E-state index in [1.807, 2.05) is 47.0 Å². The molecule has 4 aromatic rings. The Kier molecular flexibility index (Phi) is 6.83. The molecule has 31 heavy (non-hydrogen) atoms. The third-order valence-corrected chi connectivity index (χ3v) is 6.02. The smallest absolute Gasteiger partial charge is 0.234 e. The van der Waals surface area contributed by atoms with Crippen molar-refractivity contribution in [2.24, 2.45) is 0 Å². The van der Waals surface area contributed by atoms with E-state index in [4.69, 9.17) is 34.8 Å². The van der Waals surface area contributed by atoms with Crippen molar-refractivity contribution in [3.8, 4) is 17.1 Å². The molecule has 0 spiro atoms. The number of hydrogen-bond acceptors (Lipinski definition) is 4. The van der Waals surface area contributed by atoms with E-state index in [9.17, 15) is 4.79 Å². The van der Waals surface area contributed by atoms with Gasteiger partial charge in [0.05, 0.1) is 16.5 Å². The SMILES string of the molecule is O=C(CSc1nnc(-c2ccccc2)n1-c1ccc(Cl)cc1)Nc1ccc(Cl)cc1Cl. The Bertz CT molecular complexity index is 1210. The van der Waals surface area contributed by atoms with Gasteiger partial charge in [-0.3, -0.25) is 9.36 Å². The van der Waals surface area contributed by atoms with E-state index in [1.54, 1.807) is 30.3 Å². The first kappa shape index (κ1) is 21.7. The van der Waals surface area contributed by atoms with Gasteiger partial charge in [0, 0.05) is 21.3 Å². The monoisotopic (exact) mass is 488 g/mol. The van der Waals surface area contributed by atoms with Gasteiger partial charge < -0.3 is 5.32 Å².